The van der Waals surface area contributed by atoms with Crippen LogP contribution < -0.4 is 37.2 Å². The van der Waals surface area contributed by atoms with Crippen molar-refractivity contribution in [2.24, 2.45) is 0 Å². The van der Waals surface area contributed by atoms with Gasteiger partial charge >= 0.3 is 24.4 Å². The number of benzene rings is 2. The third-order valence-electron chi connectivity index (χ3n) is 10.6. The lowest BCUT2D eigenvalue weighted by Crippen LogP contribution is -2.59. The van der Waals surface area contributed by atoms with E-state index in [1.807, 2.05) is 0 Å². The molecule has 2 aromatic carbocycles. The van der Waals surface area contributed by atoms with Crippen molar-refractivity contribution in [3.63, 3.8) is 0 Å². The molecule has 0 fully saturated rings. The number of amides is 8. The molecule has 1 heterocycles. The second kappa shape index (κ2) is 25.6. The number of aromatic hydroxyl groups is 2. The van der Waals surface area contributed by atoms with Gasteiger partial charge in [-0.3, -0.25) is 19.2 Å². The second-order valence-corrected chi connectivity index (χ2v) is 21.7. The van der Waals surface area contributed by atoms with Crippen molar-refractivity contribution in [3.8, 4) is 22.6 Å². The normalized spacial score (nSPS) is 17.4. The first-order chi connectivity index (χ1) is 33.6. The molecule has 0 aromatic heterocycles. The van der Waals surface area contributed by atoms with E-state index >= 15 is 0 Å². The maximum atomic E-state index is 14.6. The van der Waals surface area contributed by atoms with Crippen LogP contribution in [0.5, 0.6) is 11.5 Å². The highest BCUT2D eigenvalue weighted by Crippen LogP contribution is 2.31. The molecule has 23 nitrogen and oxygen atoms in total. The maximum absolute atomic E-state index is 14.6. The molecule has 11 N–H and O–H groups in total. The Hall–Kier alpha value is -7.04. The highest BCUT2D eigenvalue weighted by Gasteiger charge is 2.35. The van der Waals surface area contributed by atoms with Crippen LogP contribution in [0.15, 0.2) is 36.4 Å². The predicted molar refractivity (Wildman–Crippen MR) is 267 cm³/mol. The van der Waals surface area contributed by atoms with E-state index in [2.05, 4.69) is 37.2 Å². The van der Waals surface area contributed by atoms with E-state index in [-0.39, 0.29) is 67.9 Å². The van der Waals surface area contributed by atoms with Crippen molar-refractivity contribution in [1.82, 2.24) is 42.1 Å². The highest BCUT2D eigenvalue weighted by atomic mass is 16.6. The topological polar surface area (TPSA) is 333 Å². The molecule has 1 aliphatic rings. The summed E-state index contributed by atoms with van der Waals surface area (Å²) in [7, 11) is 0. The summed E-state index contributed by atoms with van der Waals surface area (Å²) in [5.41, 5.74) is -2.26. The smallest absolute Gasteiger partial charge is 0.408 e. The third-order valence-corrected chi connectivity index (χ3v) is 10.6. The number of carbonyl (C=O) groups excluding carboxylic acids is 7. The largest absolute Gasteiger partial charge is 0.508 e. The fourth-order valence-corrected chi connectivity index (χ4v) is 7.22. The molecule has 23 heteroatoms. The van der Waals surface area contributed by atoms with Gasteiger partial charge in [-0.2, -0.15) is 0 Å². The molecule has 1 unspecified atom stereocenters. The van der Waals surface area contributed by atoms with Crippen molar-refractivity contribution in [2.45, 2.75) is 168 Å². The van der Waals surface area contributed by atoms with Crippen LogP contribution in [0, 0.1) is 0 Å². The van der Waals surface area contributed by atoms with Gasteiger partial charge in [0.1, 0.15) is 52.5 Å². The van der Waals surface area contributed by atoms with Crippen molar-refractivity contribution in [2.75, 3.05) is 26.2 Å². The zero-order valence-electron chi connectivity index (χ0n) is 43.9. The van der Waals surface area contributed by atoms with Crippen LogP contribution in [0.1, 0.15) is 113 Å². The van der Waals surface area contributed by atoms with Crippen LogP contribution in [0.3, 0.4) is 0 Å². The number of hydrogen-bond donors (Lipinski definition) is 11. The van der Waals surface area contributed by atoms with Crippen molar-refractivity contribution in [1.29, 1.82) is 0 Å². The number of aliphatic hydroxyl groups excluding tert-OH is 1. The predicted octanol–water partition coefficient (Wildman–Crippen LogP) is 3.69. The van der Waals surface area contributed by atoms with Gasteiger partial charge < -0.3 is 76.8 Å². The number of ether oxygens (including phenoxy) is 3. The Balaban J connectivity index is 2.12. The number of nitrogens with one attached hydrogen (secondary N) is 7. The highest BCUT2D eigenvalue weighted by molar-refractivity contribution is 5.95. The molecule has 0 spiro atoms. The molecule has 0 saturated carbocycles. The summed E-state index contributed by atoms with van der Waals surface area (Å²) in [6, 6.07) is 2.97. The average molecular weight is 1030 g/mol. The summed E-state index contributed by atoms with van der Waals surface area (Å²) in [4.78, 5) is 109. The molecule has 5 atom stereocenters. The number of carboxylic acid groups (broad SMARTS) is 1. The van der Waals surface area contributed by atoms with E-state index in [4.69, 9.17) is 14.2 Å². The summed E-state index contributed by atoms with van der Waals surface area (Å²) >= 11 is 0. The average Bonchev–Trinajstić information content (AvgIpc) is 3.23. The second-order valence-electron chi connectivity index (χ2n) is 21.7. The summed E-state index contributed by atoms with van der Waals surface area (Å²) < 4.78 is 16.1. The quantitative estimate of drug-likeness (QED) is 0.0895. The lowest BCUT2D eigenvalue weighted by molar-refractivity contribution is -0.134. The van der Waals surface area contributed by atoms with Gasteiger partial charge in [-0.1, -0.05) is 12.1 Å². The molecule has 3 rings (SSSR count). The standard InChI is InChI=1S/C50H76N8O15/c1-47(2,3)58(46(69)70)27-32(59)26-53-39(62)34(19-21-52-44(67)72-49(7,8)9)55-41(64)35-24-30-22-28(15-17-37(30)60)29-16-18-38(61)31(23-29)25-36(57-45(68)73-50(10,11)12)42(65)54-33(40(63)56-35)14-13-20-51-43(66)71-48(4,5)6/h15-18,22-23,32-36,59-61H,13-14,19-21,24-27H2,1-12H3,(H,51,66)(H,52,67)(H,53,62)(H,54,65)(H,55,64)(H,56,63)(H,57,68)(H,69,70)/t32?,33-,34-,35-,36-/m0/s1. The maximum Gasteiger partial charge on any atom is 0.408 e. The van der Waals surface area contributed by atoms with E-state index in [0.717, 1.165) is 4.90 Å². The zero-order valence-corrected chi connectivity index (χ0v) is 43.9. The van der Waals surface area contributed by atoms with Crippen molar-refractivity contribution in [3.05, 3.63) is 47.5 Å². The summed E-state index contributed by atoms with van der Waals surface area (Å²) in [6.07, 6.45) is -6.34. The molecular formula is C50H76N8O15. The van der Waals surface area contributed by atoms with Gasteiger partial charge in [0, 0.05) is 38.0 Å². The van der Waals surface area contributed by atoms with Crippen molar-refractivity contribution >= 4 is 48.0 Å². The van der Waals surface area contributed by atoms with Crippen LogP contribution in [0.2, 0.25) is 0 Å². The monoisotopic (exact) mass is 1030 g/mol. The first-order valence-corrected chi connectivity index (χ1v) is 24.1. The van der Waals surface area contributed by atoms with Crippen LogP contribution >= 0.6 is 0 Å². The minimum Gasteiger partial charge on any atom is -0.508 e. The van der Waals surface area contributed by atoms with E-state index in [9.17, 15) is 58.8 Å². The number of β-amino-alcohol motifs (C(OH)–C–C–N with tert-alkyl or cyclic N) is 1. The van der Waals surface area contributed by atoms with E-state index < -0.39 is 114 Å². The van der Waals surface area contributed by atoms with Gasteiger partial charge in [0.15, 0.2) is 0 Å². The van der Waals surface area contributed by atoms with Crippen LogP contribution in [-0.2, 0) is 46.2 Å². The minimum atomic E-state index is -1.61. The molecule has 4 bridgehead atoms. The van der Waals surface area contributed by atoms with E-state index in [1.54, 1.807) is 107 Å². The molecule has 0 saturated heterocycles. The van der Waals surface area contributed by atoms with Gasteiger partial charge in [-0.05, 0) is 149 Å². The third kappa shape index (κ3) is 21.3. The van der Waals surface area contributed by atoms with Gasteiger partial charge in [-0.25, -0.2) is 19.2 Å². The molecule has 73 heavy (non-hydrogen) atoms. The van der Waals surface area contributed by atoms with Crippen LogP contribution in [0.4, 0.5) is 19.2 Å². The number of carbonyl (C=O) groups is 8. The Bertz CT molecular complexity index is 2300. The Morgan fingerprint density at radius 2 is 1.21 bits per heavy atom. The number of rotatable bonds is 15. The Kier molecular flexibility index (Phi) is 21.1. The fraction of sp³-hybridized carbons (Fsp3) is 0.600. The number of nitrogens with zero attached hydrogens (tertiary/aromatic N) is 1. The number of phenolic OH excluding ortho intramolecular Hbond substituents is 2. The fourth-order valence-electron chi connectivity index (χ4n) is 7.22. The Labute approximate surface area is 426 Å². The molecular weight excluding hydrogens is 953 g/mol. The minimum absolute atomic E-state index is 0.0350. The summed E-state index contributed by atoms with van der Waals surface area (Å²) in [6.45, 7) is 18.6. The first-order valence-electron chi connectivity index (χ1n) is 24.1. The summed E-state index contributed by atoms with van der Waals surface area (Å²) in [5.74, 6) is -4.17. The Morgan fingerprint density at radius 1 is 0.699 bits per heavy atom. The van der Waals surface area contributed by atoms with Gasteiger partial charge in [-0.15, -0.1) is 0 Å². The molecule has 1 aliphatic heterocycles. The molecule has 0 aliphatic carbocycles. The van der Waals surface area contributed by atoms with Gasteiger partial charge in [0.05, 0.1) is 12.6 Å². The number of phenols is 2. The molecule has 8 amide bonds. The van der Waals surface area contributed by atoms with E-state index in [0.29, 0.717) is 11.1 Å². The van der Waals surface area contributed by atoms with Crippen LogP contribution in [0.25, 0.3) is 11.1 Å². The van der Waals surface area contributed by atoms with Gasteiger partial charge in [0.25, 0.3) is 0 Å². The molecule has 406 valence electrons. The number of aliphatic hydroxyl groups is 1. The van der Waals surface area contributed by atoms with Crippen LogP contribution in [-0.4, -0.2) is 152 Å². The molecule has 2 aromatic rings. The SMILES string of the molecule is CC(C)(C)OC(=O)NCCC[C@@H]1NC(=O)[C@@H](NC(=O)OC(C)(C)C)Cc2cc(ccc2O)-c2ccc(O)c(c2)C[C@@H](C(=O)N[C@@H](CCNC(=O)OC(C)(C)C)C(=O)NCC(O)CN(C(=O)O)C(C)(C)C)NC1=O. The number of hydrogen-bond acceptors (Lipinski definition) is 14. The van der Waals surface area contributed by atoms with Crippen molar-refractivity contribution < 1.29 is 73.0 Å². The number of alkyl carbamates (subject to hydrolysis) is 3. The summed E-state index contributed by atoms with van der Waals surface area (Å²) in [5, 5.41) is 60.9. The zero-order chi connectivity index (χ0) is 55.2. The first kappa shape index (κ1) is 60.3. The van der Waals surface area contributed by atoms with E-state index in [1.165, 1.54) is 12.1 Å². The molecule has 0 radical (unpaired) electrons. The number of fused-ring (bicyclic) bond motifs is 5. The lowest BCUT2D eigenvalue weighted by atomic mass is 9.95. The Morgan fingerprint density at radius 3 is 1.71 bits per heavy atom. The lowest BCUT2D eigenvalue weighted by Gasteiger charge is -2.34. The van der Waals surface area contributed by atoms with Gasteiger partial charge in [0.2, 0.25) is 23.6 Å².